The molecule has 0 unspecified atom stereocenters. The summed E-state index contributed by atoms with van der Waals surface area (Å²) in [6.45, 7) is 10.0. The fraction of sp³-hybridized carbons (Fsp3) is 0.414. The molecule has 0 saturated heterocycles. The number of unbranched alkanes of at least 4 members (excludes halogenated alkanes) is 1. The van der Waals surface area contributed by atoms with Gasteiger partial charge in [-0.05, 0) is 98.4 Å². The predicted octanol–water partition coefficient (Wildman–Crippen LogP) is 8.07. The SMILES string of the molecule is CCOP(OCC)OCCCCOC(=O)CC1=C(C)/C(=C/c2ccc(SC)cc2)c2ccc(C)cc21. The molecule has 7 heteroatoms. The van der Waals surface area contributed by atoms with Gasteiger partial charge in [0.05, 0.1) is 32.8 Å². The minimum Gasteiger partial charge on any atom is -0.465 e. The van der Waals surface area contributed by atoms with E-state index in [1.165, 1.54) is 21.6 Å². The van der Waals surface area contributed by atoms with Crippen LogP contribution in [0.2, 0.25) is 0 Å². The van der Waals surface area contributed by atoms with Crippen LogP contribution in [0.25, 0.3) is 17.2 Å². The Morgan fingerprint density at radius 3 is 2.28 bits per heavy atom. The summed E-state index contributed by atoms with van der Waals surface area (Å²) in [7, 11) is -1.28. The second kappa shape index (κ2) is 14.7. The van der Waals surface area contributed by atoms with Gasteiger partial charge in [-0.1, -0.05) is 35.9 Å². The summed E-state index contributed by atoms with van der Waals surface area (Å²) in [5, 5.41) is 0. The van der Waals surface area contributed by atoms with Crippen molar-refractivity contribution in [3.05, 3.63) is 70.3 Å². The van der Waals surface area contributed by atoms with Crippen LogP contribution in [-0.2, 0) is 23.1 Å². The van der Waals surface area contributed by atoms with Crippen molar-refractivity contribution in [3.8, 4) is 0 Å². The van der Waals surface area contributed by atoms with Gasteiger partial charge in [-0.15, -0.1) is 11.8 Å². The van der Waals surface area contributed by atoms with Crippen LogP contribution in [0.15, 0.2) is 52.9 Å². The average molecular weight is 529 g/mol. The van der Waals surface area contributed by atoms with Crippen LogP contribution in [0.1, 0.15) is 62.3 Å². The van der Waals surface area contributed by atoms with Crippen LogP contribution in [0.4, 0.5) is 0 Å². The fourth-order valence-electron chi connectivity index (χ4n) is 4.04. The number of esters is 1. The first kappa shape index (κ1) is 28.6. The molecule has 0 radical (unpaired) electrons. The number of carbonyl (C=O) groups excluding carboxylic acids is 1. The number of aryl methyl sites for hydroxylation is 1. The lowest BCUT2D eigenvalue weighted by atomic mass is 9.99. The Hall–Kier alpha value is -1.95. The first-order valence-electron chi connectivity index (χ1n) is 12.5. The second-order valence-corrected chi connectivity index (χ2v) is 10.6. The molecule has 1 aliphatic rings. The molecule has 1 aliphatic carbocycles. The molecule has 36 heavy (non-hydrogen) atoms. The smallest absolute Gasteiger partial charge is 0.332 e. The number of rotatable bonds is 14. The van der Waals surface area contributed by atoms with E-state index in [4.69, 9.17) is 18.3 Å². The summed E-state index contributed by atoms with van der Waals surface area (Å²) >= 11 is 1.73. The highest BCUT2D eigenvalue weighted by Crippen LogP contribution is 2.44. The van der Waals surface area contributed by atoms with Crippen LogP contribution >= 0.6 is 20.4 Å². The van der Waals surface area contributed by atoms with Crippen molar-refractivity contribution in [1.29, 1.82) is 0 Å². The molecule has 0 spiro atoms. The normalized spacial score (nSPS) is 14.1. The predicted molar refractivity (Wildman–Crippen MR) is 151 cm³/mol. The van der Waals surface area contributed by atoms with Gasteiger partial charge in [0.15, 0.2) is 0 Å². The van der Waals surface area contributed by atoms with Crippen molar-refractivity contribution in [3.63, 3.8) is 0 Å². The molecule has 3 rings (SSSR count). The average Bonchev–Trinajstić information content (AvgIpc) is 3.11. The molecular weight excluding hydrogens is 491 g/mol. The number of hydrogen-bond donors (Lipinski definition) is 0. The van der Waals surface area contributed by atoms with E-state index < -0.39 is 8.60 Å². The van der Waals surface area contributed by atoms with E-state index in [1.54, 1.807) is 11.8 Å². The molecule has 0 bridgehead atoms. The van der Waals surface area contributed by atoms with E-state index in [0.29, 0.717) is 26.4 Å². The molecule has 0 aliphatic heterocycles. The van der Waals surface area contributed by atoms with Crippen molar-refractivity contribution in [2.45, 2.75) is 51.9 Å². The Balaban J connectivity index is 1.60. The molecule has 2 aromatic rings. The Labute approximate surface area is 221 Å². The van der Waals surface area contributed by atoms with E-state index in [9.17, 15) is 4.79 Å². The van der Waals surface area contributed by atoms with Crippen molar-refractivity contribution in [2.75, 3.05) is 32.7 Å². The zero-order chi connectivity index (χ0) is 25.9. The lowest BCUT2D eigenvalue weighted by molar-refractivity contribution is -0.142. The standard InChI is InChI=1S/C29H37O5PS/c1-6-32-35(33-7-2)34-17-9-8-16-31-29(30)20-27-22(4)26(25-15-10-21(3)18-28(25)27)19-23-11-13-24(36-5)14-12-23/h10-15,18-19H,6-9,16-17,20H2,1-5H3/b26-19-. The third-order valence-corrected chi connectivity index (χ3v) is 7.94. The van der Waals surface area contributed by atoms with E-state index in [1.807, 2.05) is 13.8 Å². The molecular formula is C29H37O5PS. The maximum Gasteiger partial charge on any atom is 0.332 e. The van der Waals surface area contributed by atoms with E-state index in [2.05, 4.69) is 68.6 Å². The Bertz CT molecular complexity index is 1070. The molecule has 0 heterocycles. The first-order valence-corrected chi connectivity index (χ1v) is 14.8. The van der Waals surface area contributed by atoms with Crippen LogP contribution in [0.3, 0.4) is 0 Å². The summed E-state index contributed by atoms with van der Waals surface area (Å²) in [6, 6.07) is 15.0. The fourth-order valence-corrected chi connectivity index (χ4v) is 5.37. The monoisotopic (exact) mass is 528 g/mol. The highest BCUT2D eigenvalue weighted by molar-refractivity contribution is 7.98. The third-order valence-electron chi connectivity index (χ3n) is 5.86. The van der Waals surface area contributed by atoms with Gasteiger partial charge in [-0.3, -0.25) is 4.79 Å². The summed E-state index contributed by atoms with van der Waals surface area (Å²) in [5.41, 5.74) is 7.98. The van der Waals surface area contributed by atoms with E-state index >= 15 is 0 Å². The summed E-state index contributed by atoms with van der Waals surface area (Å²) in [6.07, 6.45) is 6.07. The zero-order valence-corrected chi connectivity index (χ0v) is 23.7. The first-order chi connectivity index (χ1) is 17.5. The minimum absolute atomic E-state index is 0.200. The van der Waals surface area contributed by atoms with Crippen LogP contribution < -0.4 is 0 Å². The van der Waals surface area contributed by atoms with Crippen LogP contribution in [-0.4, -0.2) is 38.7 Å². The minimum atomic E-state index is -1.28. The highest BCUT2D eigenvalue weighted by atomic mass is 32.2. The number of ether oxygens (including phenoxy) is 1. The Morgan fingerprint density at radius 1 is 0.917 bits per heavy atom. The maximum atomic E-state index is 12.7. The Kier molecular flexibility index (Phi) is 11.7. The molecule has 0 aromatic heterocycles. The van der Waals surface area contributed by atoms with Gasteiger partial charge in [-0.2, -0.15) is 0 Å². The summed E-state index contributed by atoms with van der Waals surface area (Å²) in [5.74, 6) is -0.200. The van der Waals surface area contributed by atoms with Crippen molar-refractivity contribution in [2.24, 2.45) is 0 Å². The van der Waals surface area contributed by atoms with Crippen molar-refractivity contribution in [1.82, 2.24) is 0 Å². The molecule has 5 nitrogen and oxygen atoms in total. The molecule has 194 valence electrons. The summed E-state index contributed by atoms with van der Waals surface area (Å²) in [4.78, 5) is 14.0. The lowest BCUT2D eigenvalue weighted by Gasteiger charge is -2.14. The second-order valence-electron chi connectivity index (χ2n) is 8.48. The zero-order valence-electron chi connectivity index (χ0n) is 22.0. The molecule has 0 atom stereocenters. The molecule has 0 saturated carbocycles. The quantitative estimate of drug-likeness (QED) is 0.107. The van der Waals surface area contributed by atoms with Gasteiger partial charge in [0.2, 0.25) is 0 Å². The van der Waals surface area contributed by atoms with Gasteiger partial charge >= 0.3 is 14.6 Å². The Morgan fingerprint density at radius 2 is 1.61 bits per heavy atom. The number of benzene rings is 2. The third kappa shape index (κ3) is 8.03. The van der Waals surface area contributed by atoms with Gasteiger partial charge in [-0.25, -0.2) is 0 Å². The summed E-state index contributed by atoms with van der Waals surface area (Å²) < 4.78 is 22.1. The highest BCUT2D eigenvalue weighted by Gasteiger charge is 2.25. The van der Waals surface area contributed by atoms with Crippen molar-refractivity contribution >= 4 is 43.6 Å². The van der Waals surface area contributed by atoms with Crippen molar-refractivity contribution < 1.29 is 23.1 Å². The van der Waals surface area contributed by atoms with Gasteiger partial charge in [0.25, 0.3) is 0 Å². The lowest BCUT2D eigenvalue weighted by Crippen LogP contribution is -2.07. The molecule has 0 N–H and O–H groups in total. The van der Waals surface area contributed by atoms with Gasteiger partial charge in [0, 0.05) is 4.90 Å². The molecule has 0 amide bonds. The number of hydrogen-bond acceptors (Lipinski definition) is 6. The number of carbonyl (C=O) groups is 1. The largest absolute Gasteiger partial charge is 0.465 e. The van der Waals surface area contributed by atoms with E-state index in [-0.39, 0.29) is 12.4 Å². The van der Waals surface area contributed by atoms with Gasteiger partial charge < -0.3 is 18.3 Å². The van der Waals surface area contributed by atoms with Crippen LogP contribution in [0.5, 0.6) is 0 Å². The number of allylic oxidation sites excluding steroid dienone is 2. The topological polar surface area (TPSA) is 54.0 Å². The number of thioether (sulfide) groups is 1. The van der Waals surface area contributed by atoms with Gasteiger partial charge in [0.1, 0.15) is 0 Å². The van der Waals surface area contributed by atoms with Crippen LogP contribution in [0, 0.1) is 6.92 Å². The number of fused-ring (bicyclic) bond motifs is 1. The maximum absolute atomic E-state index is 12.7. The molecule has 0 fully saturated rings. The molecule has 2 aromatic carbocycles. The van der Waals surface area contributed by atoms with E-state index in [0.717, 1.165) is 35.1 Å².